The number of halogens is 47. The topological polar surface area (TPSA) is 37.3 Å². The minimum atomic E-state index is -10.9. The van der Waals surface area contributed by atoms with Crippen LogP contribution in [0.25, 0.3) is 0 Å². The third-order valence-electron chi connectivity index (χ3n) is 8.97. The number of hydrogen-bond acceptors (Lipinski definition) is 1. The second-order valence-electron chi connectivity index (χ2n) is 13.4. The number of carboxylic acid groups (broad SMARTS) is 1. The van der Waals surface area contributed by atoms with Crippen LogP contribution in [0, 0.1) is 0 Å². The molecule has 0 fully saturated rings. The van der Waals surface area contributed by atoms with E-state index < -0.39 is 142 Å². The number of carbonyl (C=O) groups is 1. The SMILES string of the molecule is O=C(O)C(F)(C(F)(F)C(F)(F)C(F)(F)C(F)(F)C(F)(F)C(F)(F)C(F)(F)C(F)(F)F)C(F)(F)C(F)(F)C(F)(F)C(F)(F)C(F)(F)C(F)(F)C(F)(F)C(F)(F)C(F)(F)C(F)(F)C(F)(F)C(F)(F)C(F)(F)C(F)(F)F. The minimum Gasteiger partial charge on any atom is -0.479 e. The van der Waals surface area contributed by atoms with Crippen LogP contribution in [-0.2, 0) is 4.79 Å². The molecule has 0 saturated carbocycles. The smallest absolute Gasteiger partial charge is 0.460 e. The lowest BCUT2D eigenvalue weighted by Gasteiger charge is -2.48. The lowest BCUT2D eigenvalue weighted by Crippen LogP contribution is -2.82. The van der Waals surface area contributed by atoms with Gasteiger partial charge in [-0.15, -0.1) is 0 Å². The van der Waals surface area contributed by atoms with Gasteiger partial charge in [-0.3, -0.25) is 0 Å². The summed E-state index contributed by atoms with van der Waals surface area (Å²) in [6.07, 6.45) is -17.2. The first kappa shape index (κ1) is 69.2. The number of carboxylic acids is 1. The first-order valence-corrected chi connectivity index (χ1v) is 15.1. The maximum absolute atomic E-state index is 14.9. The Morgan fingerprint density at radius 3 is 0.329 bits per heavy atom. The van der Waals surface area contributed by atoms with Crippen molar-refractivity contribution in [2.45, 2.75) is 136 Å². The van der Waals surface area contributed by atoms with E-state index in [1.54, 1.807) is 0 Å². The van der Waals surface area contributed by atoms with Crippen molar-refractivity contribution in [2.75, 3.05) is 0 Å². The Labute approximate surface area is 360 Å². The highest BCUT2D eigenvalue weighted by Gasteiger charge is 3.04. The monoisotopic (exact) mass is 1210 g/mol. The summed E-state index contributed by atoms with van der Waals surface area (Å²) in [6.45, 7) is 0. The van der Waals surface area contributed by atoms with Crippen molar-refractivity contribution >= 4 is 5.97 Å². The standard InChI is InChI=1S/C24HF47O2/c25-2(1(72)73,4(28,29)6(32,33)8(36,37)10(40,41)17(54,55)19(58,59)21(62,63)23(66,67)68)3(26,27)5(30,31)7(34,35)9(38,39)11(42,43)12(44,45)13(46,47)14(48,49)15(50,51)16(52,53)18(56,57)20(60,61)22(64,65)24(69,70)71/h(H,72,73). The summed E-state index contributed by atoms with van der Waals surface area (Å²) in [7, 11) is 0. The maximum Gasteiger partial charge on any atom is 0.460 e. The number of alkyl halides is 47. The molecule has 0 aliphatic carbocycles. The van der Waals surface area contributed by atoms with Gasteiger partial charge in [-0.1, -0.05) is 0 Å². The fraction of sp³-hybridized carbons (Fsp3) is 0.958. The fourth-order valence-corrected chi connectivity index (χ4v) is 4.41. The molecular formula is C24HF47O2. The summed E-state index contributed by atoms with van der Waals surface area (Å²) < 4.78 is 642. The van der Waals surface area contributed by atoms with Gasteiger partial charge in [0.05, 0.1) is 0 Å². The Bertz CT molecular complexity index is 2040. The Morgan fingerprint density at radius 2 is 0.247 bits per heavy atom. The van der Waals surface area contributed by atoms with Gasteiger partial charge in [0, 0.05) is 0 Å². The molecule has 0 heterocycles. The summed E-state index contributed by atoms with van der Waals surface area (Å²) in [4.78, 5) is 10.8. The molecule has 1 unspecified atom stereocenters. The van der Waals surface area contributed by atoms with Crippen LogP contribution in [0.15, 0.2) is 0 Å². The molecule has 49 heteroatoms. The summed E-state index contributed by atoms with van der Waals surface area (Å²) in [6, 6.07) is 0. The van der Waals surface area contributed by atoms with Crippen molar-refractivity contribution in [3.8, 4) is 0 Å². The highest BCUT2D eigenvalue weighted by atomic mass is 19.5. The van der Waals surface area contributed by atoms with Gasteiger partial charge < -0.3 is 5.11 Å². The van der Waals surface area contributed by atoms with E-state index >= 15 is 0 Å². The zero-order chi connectivity index (χ0) is 61.1. The van der Waals surface area contributed by atoms with Crippen LogP contribution >= 0.6 is 0 Å². The van der Waals surface area contributed by atoms with Crippen LogP contribution < -0.4 is 0 Å². The minimum absolute atomic E-state index is 6.53. The largest absolute Gasteiger partial charge is 0.479 e. The zero-order valence-corrected chi connectivity index (χ0v) is 30.6. The van der Waals surface area contributed by atoms with E-state index in [0.717, 1.165) is 0 Å². The summed E-state index contributed by atoms with van der Waals surface area (Å²) >= 11 is 0. The molecule has 1 N–H and O–H groups in total. The molecular weight excluding hydrogens is 1210 g/mol. The van der Waals surface area contributed by atoms with Crippen molar-refractivity contribution in [3.05, 3.63) is 0 Å². The molecule has 0 aliphatic heterocycles. The average Bonchev–Trinajstić information content (AvgIpc) is 3.14. The third-order valence-corrected chi connectivity index (χ3v) is 8.97. The van der Waals surface area contributed by atoms with Crippen molar-refractivity contribution in [3.63, 3.8) is 0 Å². The second-order valence-corrected chi connectivity index (χ2v) is 13.4. The quantitative estimate of drug-likeness (QED) is 0.116. The predicted molar refractivity (Wildman–Crippen MR) is 123 cm³/mol. The Hall–Kier alpha value is -3.82. The first-order chi connectivity index (χ1) is 30.4. The normalized spacial score (nSPS) is 18.0. The summed E-state index contributed by atoms with van der Waals surface area (Å²) in [5, 5.41) is 8.13. The summed E-state index contributed by atoms with van der Waals surface area (Å²) in [5.41, 5.74) is -10.4. The van der Waals surface area contributed by atoms with Crippen LogP contribution in [0.4, 0.5) is 206 Å². The fourth-order valence-electron chi connectivity index (χ4n) is 4.41. The number of rotatable bonds is 21. The van der Waals surface area contributed by atoms with E-state index in [2.05, 4.69) is 0 Å². The number of hydrogen-bond donors (Lipinski definition) is 1. The van der Waals surface area contributed by atoms with E-state index in [9.17, 15) is 211 Å². The lowest BCUT2D eigenvalue weighted by molar-refractivity contribution is -0.491. The Kier molecular flexibility index (Phi) is 15.5. The van der Waals surface area contributed by atoms with Crippen LogP contribution in [0.2, 0.25) is 0 Å². The molecule has 0 aromatic rings. The predicted octanol–water partition coefficient (Wildman–Crippen LogP) is 14.6. The van der Waals surface area contributed by atoms with E-state index in [1.165, 1.54) is 0 Å². The zero-order valence-electron chi connectivity index (χ0n) is 30.6. The Morgan fingerprint density at radius 1 is 0.164 bits per heavy atom. The molecule has 0 radical (unpaired) electrons. The highest BCUT2D eigenvalue weighted by molar-refractivity contribution is 5.81. The van der Waals surface area contributed by atoms with E-state index in [0.29, 0.717) is 0 Å². The van der Waals surface area contributed by atoms with Gasteiger partial charge in [-0.05, 0) is 0 Å². The Balaban J connectivity index is 8.41. The number of aliphatic carboxylic acids is 1. The van der Waals surface area contributed by atoms with Crippen molar-refractivity contribution in [1.82, 2.24) is 0 Å². The van der Waals surface area contributed by atoms with Gasteiger partial charge in [-0.2, -0.15) is 202 Å². The molecule has 0 rings (SSSR count). The molecule has 0 aromatic heterocycles. The van der Waals surface area contributed by atoms with Gasteiger partial charge in [0.1, 0.15) is 0 Å². The molecule has 0 saturated heterocycles. The van der Waals surface area contributed by atoms with Gasteiger partial charge in [-0.25, -0.2) is 9.18 Å². The molecule has 0 spiro atoms. The van der Waals surface area contributed by atoms with Crippen LogP contribution in [0.1, 0.15) is 0 Å². The molecule has 1 atom stereocenters. The molecule has 0 amide bonds. The molecule has 0 aromatic carbocycles. The van der Waals surface area contributed by atoms with Gasteiger partial charge in [0.2, 0.25) is 0 Å². The summed E-state index contributed by atoms with van der Waals surface area (Å²) in [5.74, 6) is -214. The molecule has 0 bridgehead atoms. The van der Waals surface area contributed by atoms with Crippen LogP contribution in [0.5, 0.6) is 0 Å². The van der Waals surface area contributed by atoms with Gasteiger partial charge in [0.15, 0.2) is 0 Å². The molecule has 73 heavy (non-hydrogen) atoms. The van der Waals surface area contributed by atoms with E-state index in [4.69, 9.17) is 5.11 Å². The maximum atomic E-state index is 14.9. The molecule has 2 nitrogen and oxygen atoms in total. The second kappa shape index (κ2) is 16.4. The third kappa shape index (κ3) is 7.45. The molecule has 0 aliphatic rings. The van der Waals surface area contributed by atoms with E-state index in [-0.39, 0.29) is 0 Å². The highest BCUT2D eigenvalue weighted by Crippen LogP contribution is 2.72. The average molecular weight is 1210 g/mol. The van der Waals surface area contributed by atoms with Crippen molar-refractivity contribution < 1.29 is 216 Å². The first-order valence-electron chi connectivity index (χ1n) is 15.1. The molecule has 438 valence electrons. The van der Waals surface area contributed by atoms with Crippen molar-refractivity contribution in [2.24, 2.45) is 0 Å². The van der Waals surface area contributed by atoms with Gasteiger partial charge >= 0.3 is 142 Å². The van der Waals surface area contributed by atoms with Crippen LogP contribution in [-0.4, -0.2) is 148 Å². The van der Waals surface area contributed by atoms with Crippen molar-refractivity contribution in [1.29, 1.82) is 0 Å². The van der Waals surface area contributed by atoms with Gasteiger partial charge in [0.25, 0.3) is 0 Å². The van der Waals surface area contributed by atoms with E-state index in [1.807, 2.05) is 0 Å². The van der Waals surface area contributed by atoms with Crippen LogP contribution in [0.3, 0.4) is 0 Å². The lowest BCUT2D eigenvalue weighted by atomic mass is 9.76.